The van der Waals surface area contributed by atoms with Gasteiger partial charge in [0.05, 0.1) is 18.0 Å². The lowest BCUT2D eigenvalue weighted by Crippen LogP contribution is -2.41. The molecule has 0 spiro atoms. The highest BCUT2D eigenvalue weighted by molar-refractivity contribution is 5.82. The van der Waals surface area contributed by atoms with E-state index in [-0.39, 0.29) is 23.7 Å². The lowest BCUT2D eigenvalue weighted by atomic mass is 9.87. The number of benzene rings is 2. The zero-order valence-corrected chi connectivity index (χ0v) is 28.7. The zero-order valence-electron chi connectivity index (χ0n) is 28.7. The van der Waals surface area contributed by atoms with Crippen LogP contribution >= 0.6 is 0 Å². The first kappa shape index (κ1) is 36.3. The Bertz CT molecular complexity index is 1770. The number of alkyl halides is 3. The zero-order chi connectivity index (χ0) is 35.8. The molecule has 2 aliphatic rings. The molecule has 1 aromatic heterocycles. The van der Waals surface area contributed by atoms with E-state index in [2.05, 4.69) is 5.32 Å². The van der Waals surface area contributed by atoms with Gasteiger partial charge in [0.25, 0.3) is 5.56 Å². The number of aromatic nitrogens is 1. The molecule has 0 unspecified atom stereocenters. The Kier molecular flexibility index (Phi) is 10.7. The molecule has 3 aromatic rings. The molecule has 1 aliphatic carbocycles. The Labute approximate surface area is 284 Å². The molecule has 0 bridgehead atoms. The second-order valence-electron chi connectivity index (χ2n) is 14.2. The minimum absolute atomic E-state index is 0.00264. The highest BCUT2D eigenvalue weighted by Gasteiger charge is 2.38. The summed E-state index contributed by atoms with van der Waals surface area (Å²) in [5, 5.41) is 12.8. The van der Waals surface area contributed by atoms with E-state index in [9.17, 15) is 37.1 Å². The van der Waals surface area contributed by atoms with Crippen molar-refractivity contribution in [2.24, 2.45) is 5.92 Å². The fraction of sp³-hybridized carbons (Fsp3) is 0.500. The number of pyridine rings is 1. The van der Waals surface area contributed by atoms with Gasteiger partial charge in [-0.1, -0.05) is 19.9 Å². The first-order chi connectivity index (χ1) is 23.0. The number of hydrogen-bond donors (Lipinski definition) is 2. The molecule has 49 heavy (non-hydrogen) atoms. The number of piperidine rings is 1. The molecule has 5 rings (SSSR count). The summed E-state index contributed by atoms with van der Waals surface area (Å²) in [5.74, 6) is -2.71. The normalized spacial score (nSPS) is 16.9. The Balaban J connectivity index is 1.58. The van der Waals surface area contributed by atoms with Crippen LogP contribution in [0, 0.1) is 25.6 Å². The van der Waals surface area contributed by atoms with Crippen molar-refractivity contribution in [2.75, 3.05) is 20.1 Å². The summed E-state index contributed by atoms with van der Waals surface area (Å²) < 4.78 is 58.1. The molecule has 7 nitrogen and oxygen atoms in total. The number of hydrogen-bond acceptors (Lipinski definition) is 4. The van der Waals surface area contributed by atoms with Crippen LogP contribution in [0.2, 0.25) is 0 Å². The number of rotatable bonds is 10. The minimum Gasteiger partial charge on any atom is -0.481 e. The lowest BCUT2D eigenvalue weighted by Gasteiger charge is -2.32. The van der Waals surface area contributed by atoms with E-state index >= 15 is 0 Å². The largest absolute Gasteiger partial charge is 0.481 e. The van der Waals surface area contributed by atoms with Crippen LogP contribution in [0.4, 0.5) is 17.6 Å². The summed E-state index contributed by atoms with van der Waals surface area (Å²) in [6, 6.07) is 5.13. The van der Waals surface area contributed by atoms with Gasteiger partial charge in [-0.15, -0.1) is 0 Å². The summed E-state index contributed by atoms with van der Waals surface area (Å²) in [6.07, 6.45) is -0.409. The Morgan fingerprint density at radius 1 is 1.02 bits per heavy atom. The first-order valence-corrected chi connectivity index (χ1v) is 17.0. The molecule has 264 valence electrons. The predicted octanol–water partition coefficient (Wildman–Crippen LogP) is 7.51. The molecule has 1 aliphatic heterocycles. The molecule has 1 amide bonds. The van der Waals surface area contributed by atoms with Crippen molar-refractivity contribution in [2.45, 2.75) is 96.8 Å². The van der Waals surface area contributed by atoms with Crippen LogP contribution in [-0.4, -0.2) is 46.6 Å². The van der Waals surface area contributed by atoms with E-state index < -0.39 is 53.6 Å². The third-order valence-corrected chi connectivity index (χ3v) is 10.0. The van der Waals surface area contributed by atoms with Crippen molar-refractivity contribution in [3.05, 3.63) is 91.6 Å². The van der Waals surface area contributed by atoms with Gasteiger partial charge < -0.3 is 19.9 Å². The molecular formula is C38H45F4N3O4. The second-order valence-corrected chi connectivity index (χ2v) is 14.2. The maximum absolute atomic E-state index is 14.3. The van der Waals surface area contributed by atoms with Crippen molar-refractivity contribution in [1.82, 2.24) is 14.8 Å². The van der Waals surface area contributed by atoms with E-state index in [0.29, 0.717) is 37.6 Å². The van der Waals surface area contributed by atoms with Crippen molar-refractivity contribution < 1.29 is 32.3 Å². The average molecular weight is 684 g/mol. The molecule has 2 aromatic carbocycles. The van der Waals surface area contributed by atoms with Crippen LogP contribution in [0.3, 0.4) is 0 Å². The van der Waals surface area contributed by atoms with Gasteiger partial charge in [-0.25, -0.2) is 4.39 Å². The number of fused-ring (bicyclic) bond motifs is 1. The maximum Gasteiger partial charge on any atom is 0.416 e. The number of nitrogens with one attached hydrogen (secondary N) is 1. The fourth-order valence-electron chi connectivity index (χ4n) is 7.68. The van der Waals surface area contributed by atoms with Gasteiger partial charge in [-0.2, -0.15) is 13.2 Å². The first-order valence-electron chi connectivity index (χ1n) is 17.0. The van der Waals surface area contributed by atoms with Gasteiger partial charge in [0.15, 0.2) is 0 Å². The number of halogens is 4. The Morgan fingerprint density at radius 3 is 2.27 bits per heavy atom. The number of carboxylic acids is 1. The Morgan fingerprint density at radius 2 is 1.67 bits per heavy atom. The topological polar surface area (TPSA) is 91.6 Å². The number of carboxylic acid groups (broad SMARTS) is 1. The summed E-state index contributed by atoms with van der Waals surface area (Å²) in [4.78, 5) is 41.8. The monoisotopic (exact) mass is 683 g/mol. The summed E-state index contributed by atoms with van der Waals surface area (Å²) in [5.41, 5.74) is 3.97. The van der Waals surface area contributed by atoms with E-state index in [1.54, 1.807) is 0 Å². The number of aliphatic carboxylic acids is 1. The number of carbonyl (C=O) groups is 2. The smallest absolute Gasteiger partial charge is 0.416 e. The predicted molar refractivity (Wildman–Crippen MR) is 180 cm³/mol. The highest BCUT2D eigenvalue weighted by Crippen LogP contribution is 2.40. The molecule has 0 saturated carbocycles. The van der Waals surface area contributed by atoms with Crippen molar-refractivity contribution in [3.8, 4) is 11.1 Å². The van der Waals surface area contributed by atoms with Gasteiger partial charge in [0, 0.05) is 12.3 Å². The SMILES string of the molecule is Cc1cc(F)cc(C)c1-c1cc([C@H](CC(=O)O)NC(=O)[C@H](CC(C)C)n2cc(C3CCN(C)CC3)c(C(F)(F)F)cc2=O)cc2c1CCC2. The van der Waals surface area contributed by atoms with Crippen molar-refractivity contribution in [3.63, 3.8) is 0 Å². The minimum atomic E-state index is -4.74. The molecule has 1 saturated heterocycles. The Hall–Kier alpha value is -3.99. The van der Waals surface area contributed by atoms with Crippen molar-refractivity contribution >= 4 is 11.9 Å². The number of nitrogens with zero attached hydrogens (tertiary/aromatic N) is 2. The van der Waals surface area contributed by atoms with E-state index in [0.717, 1.165) is 57.2 Å². The summed E-state index contributed by atoms with van der Waals surface area (Å²) >= 11 is 0. The van der Waals surface area contributed by atoms with Gasteiger partial charge in [0.2, 0.25) is 5.91 Å². The molecule has 2 heterocycles. The fourth-order valence-corrected chi connectivity index (χ4v) is 7.68. The maximum atomic E-state index is 14.3. The lowest BCUT2D eigenvalue weighted by molar-refractivity contribution is -0.139. The quantitative estimate of drug-likeness (QED) is 0.216. The molecule has 0 radical (unpaired) electrons. The third kappa shape index (κ3) is 8.09. The standard InChI is InChI=1S/C38H45F4N3O4/c1-21(2)13-33(45-20-30(24-9-11-44(5)12-10-24)31(18-34(45)46)38(40,41)42)37(49)43-32(19-35(47)48)26-16-25-7-6-8-28(25)29(17-26)36-22(3)14-27(39)15-23(36)4/h14-18,20-21,24,32-33H,6-13,19H2,1-5H3,(H,43,49)(H,47,48)/t32-,33-/m0/s1. The van der Waals surface area contributed by atoms with E-state index in [4.69, 9.17) is 0 Å². The number of aryl methyl sites for hydroxylation is 3. The van der Waals surface area contributed by atoms with Crippen LogP contribution < -0.4 is 10.9 Å². The molecule has 1 fully saturated rings. The average Bonchev–Trinajstić information content (AvgIpc) is 3.48. The van der Waals surface area contributed by atoms with Gasteiger partial charge in [-0.3, -0.25) is 14.4 Å². The van der Waals surface area contributed by atoms with Gasteiger partial charge in [-0.05, 0) is 147 Å². The van der Waals surface area contributed by atoms with Crippen LogP contribution in [0.25, 0.3) is 11.1 Å². The van der Waals surface area contributed by atoms with E-state index in [1.165, 1.54) is 18.3 Å². The summed E-state index contributed by atoms with van der Waals surface area (Å²) in [7, 11) is 1.91. The molecule has 2 N–H and O–H groups in total. The number of amides is 1. The van der Waals surface area contributed by atoms with Crippen LogP contribution in [-0.2, 0) is 28.6 Å². The van der Waals surface area contributed by atoms with Gasteiger partial charge >= 0.3 is 12.1 Å². The molecular weight excluding hydrogens is 638 g/mol. The number of carbonyl (C=O) groups excluding carboxylic acids is 1. The summed E-state index contributed by atoms with van der Waals surface area (Å²) in [6.45, 7) is 8.56. The highest BCUT2D eigenvalue weighted by atomic mass is 19.4. The van der Waals surface area contributed by atoms with Crippen LogP contribution in [0.15, 0.2) is 41.3 Å². The second kappa shape index (κ2) is 14.5. The van der Waals surface area contributed by atoms with Crippen LogP contribution in [0.1, 0.15) is 103 Å². The third-order valence-electron chi connectivity index (χ3n) is 10.0. The van der Waals surface area contributed by atoms with Crippen LogP contribution in [0.5, 0.6) is 0 Å². The van der Waals surface area contributed by atoms with Gasteiger partial charge in [0.1, 0.15) is 11.9 Å². The molecule has 2 atom stereocenters. The van der Waals surface area contributed by atoms with Crippen molar-refractivity contribution in [1.29, 1.82) is 0 Å². The molecule has 11 heteroatoms. The number of likely N-dealkylation sites (tertiary alicyclic amines) is 1. The van der Waals surface area contributed by atoms with E-state index in [1.807, 2.05) is 51.8 Å².